The van der Waals surface area contributed by atoms with Crippen molar-refractivity contribution in [1.29, 1.82) is 0 Å². The van der Waals surface area contributed by atoms with Crippen LogP contribution in [0.3, 0.4) is 0 Å². The molecule has 1 aliphatic rings. The Bertz CT molecular complexity index is 887. The van der Waals surface area contributed by atoms with Crippen molar-refractivity contribution < 1.29 is 19.1 Å². The fourth-order valence-electron chi connectivity index (χ4n) is 3.23. The quantitative estimate of drug-likeness (QED) is 0.714. The highest BCUT2D eigenvalue weighted by Gasteiger charge is 2.26. The summed E-state index contributed by atoms with van der Waals surface area (Å²) in [5, 5.41) is 3.39. The van der Waals surface area contributed by atoms with Crippen molar-refractivity contribution in [2.24, 2.45) is 0 Å². The van der Waals surface area contributed by atoms with Gasteiger partial charge in [-0.1, -0.05) is 29.8 Å². The number of amides is 2. The molecule has 0 radical (unpaired) electrons. The molecule has 2 amide bonds. The van der Waals surface area contributed by atoms with Crippen LogP contribution in [0.15, 0.2) is 42.5 Å². The lowest BCUT2D eigenvalue weighted by atomic mass is 10.1. The van der Waals surface area contributed by atoms with Crippen molar-refractivity contribution in [1.82, 2.24) is 10.2 Å². The Labute approximate surface area is 175 Å². The summed E-state index contributed by atoms with van der Waals surface area (Å²) < 4.78 is 10.7. The maximum Gasteiger partial charge on any atom is 0.242 e. The summed E-state index contributed by atoms with van der Waals surface area (Å²) in [5.74, 6) is 1.14. The van der Waals surface area contributed by atoms with Crippen molar-refractivity contribution in [2.75, 3.05) is 13.3 Å². The van der Waals surface area contributed by atoms with Gasteiger partial charge in [0.05, 0.1) is 0 Å². The summed E-state index contributed by atoms with van der Waals surface area (Å²) in [6.45, 7) is 4.65. The highest BCUT2D eigenvalue weighted by molar-refractivity contribution is 6.30. The molecule has 3 rings (SSSR count). The molecule has 1 aliphatic heterocycles. The average molecular weight is 417 g/mol. The smallest absolute Gasteiger partial charge is 0.242 e. The number of nitrogens with zero attached hydrogens (tertiary/aromatic N) is 1. The van der Waals surface area contributed by atoms with E-state index in [0.29, 0.717) is 36.0 Å². The second-order valence-electron chi connectivity index (χ2n) is 6.91. The SMILES string of the molecule is CCNC(=O)C(C)N(Cc1cccc(Cl)c1)C(=O)CCc1ccc2c(c1)OCO2. The van der Waals surface area contributed by atoms with Crippen LogP contribution in [0.2, 0.25) is 5.02 Å². The Hall–Kier alpha value is -2.73. The van der Waals surface area contributed by atoms with Gasteiger partial charge in [-0.05, 0) is 55.7 Å². The monoisotopic (exact) mass is 416 g/mol. The zero-order valence-corrected chi connectivity index (χ0v) is 17.4. The fraction of sp³-hybridized carbons (Fsp3) is 0.364. The van der Waals surface area contributed by atoms with Gasteiger partial charge in [0, 0.05) is 24.5 Å². The number of ether oxygens (including phenoxy) is 2. The molecule has 1 atom stereocenters. The predicted octanol–water partition coefficient (Wildman–Crippen LogP) is 3.55. The lowest BCUT2D eigenvalue weighted by Crippen LogP contribution is -2.47. The number of hydrogen-bond acceptors (Lipinski definition) is 4. The molecule has 2 aromatic carbocycles. The fourth-order valence-corrected chi connectivity index (χ4v) is 3.44. The molecule has 154 valence electrons. The molecule has 1 unspecified atom stereocenters. The molecular weight excluding hydrogens is 392 g/mol. The number of nitrogens with one attached hydrogen (secondary N) is 1. The van der Waals surface area contributed by atoms with Crippen molar-refractivity contribution in [3.05, 3.63) is 58.6 Å². The lowest BCUT2D eigenvalue weighted by molar-refractivity contribution is -0.140. The number of carbonyl (C=O) groups excluding carboxylic acids is 2. The number of hydrogen-bond donors (Lipinski definition) is 1. The van der Waals surface area contributed by atoms with Crippen LogP contribution in [0.1, 0.15) is 31.4 Å². The third-order valence-electron chi connectivity index (χ3n) is 4.82. The standard InChI is InChI=1S/C22H25ClN2O4/c1-3-24-22(27)15(2)25(13-17-5-4-6-18(23)11-17)21(26)10-8-16-7-9-19-20(12-16)29-14-28-19/h4-7,9,11-12,15H,3,8,10,13-14H2,1-2H3,(H,24,27). The highest BCUT2D eigenvalue weighted by atomic mass is 35.5. The maximum atomic E-state index is 13.0. The topological polar surface area (TPSA) is 67.9 Å². The summed E-state index contributed by atoms with van der Waals surface area (Å²) in [7, 11) is 0. The third kappa shape index (κ3) is 5.41. The van der Waals surface area contributed by atoms with E-state index < -0.39 is 6.04 Å². The van der Waals surface area contributed by atoms with Crippen LogP contribution in [0.4, 0.5) is 0 Å². The van der Waals surface area contributed by atoms with Crippen LogP contribution in [0.5, 0.6) is 11.5 Å². The first kappa shape index (κ1) is 21.0. The van der Waals surface area contributed by atoms with E-state index in [-0.39, 0.29) is 25.0 Å². The first-order valence-corrected chi connectivity index (χ1v) is 10.1. The predicted molar refractivity (Wildman–Crippen MR) is 111 cm³/mol. The average Bonchev–Trinajstić information content (AvgIpc) is 3.18. The first-order valence-electron chi connectivity index (χ1n) is 9.68. The van der Waals surface area contributed by atoms with Crippen LogP contribution in [-0.4, -0.2) is 36.1 Å². The van der Waals surface area contributed by atoms with E-state index in [9.17, 15) is 9.59 Å². The van der Waals surface area contributed by atoms with Gasteiger partial charge in [0.25, 0.3) is 0 Å². The van der Waals surface area contributed by atoms with Gasteiger partial charge in [-0.3, -0.25) is 9.59 Å². The zero-order chi connectivity index (χ0) is 20.8. The van der Waals surface area contributed by atoms with E-state index in [4.69, 9.17) is 21.1 Å². The van der Waals surface area contributed by atoms with Gasteiger partial charge in [-0.15, -0.1) is 0 Å². The Morgan fingerprint density at radius 1 is 1.14 bits per heavy atom. The van der Waals surface area contributed by atoms with Crippen LogP contribution in [0.25, 0.3) is 0 Å². The van der Waals surface area contributed by atoms with E-state index in [0.717, 1.165) is 11.1 Å². The largest absolute Gasteiger partial charge is 0.454 e. The third-order valence-corrected chi connectivity index (χ3v) is 5.06. The molecule has 0 saturated carbocycles. The molecule has 1 N–H and O–H groups in total. The number of fused-ring (bicyclic) bond motifs is 1. The van der Waals surface area contributed by atoms with Crippen molar-refractivity contribution >= 4 is 23.4 Å². The number of benzene rings is 2. The van der Waals surface area contributed by atoms with Crippen LogP contribution >= 0.6 is 11.6 Å². The maximum absolute atomic E-state index is 13.0. The van der Waals surface area contributed by atoms with Crippen LogP contribution in [0, 0.1) is 0 Å². The van der Waals surface area contributed by atoms with Crippen molar-refractivity contribution in [3.63, 3.8) is 0 Å². The van der Waals surface area contributed by atoms with E-state index in [2.05, 4.69) is 5.32 Å². The molecule has 0 bridgehead atoms. The van der Waals surface area contributed by atoms with Crippen LogP contribution in [-0.2, 0) is 22.6 Å². The van der Waals surface area contributed by atoms with E-state index in [1.807, 2.05) is 43.3 Å². The second-order valence-corrected chi connectivity index (χ2v) is 7.35. The normalized spacial score (nSPS) is 13.1. The second kappa shape index (κ2) is 9.65. The molecule has 0 aromatic heterocycles. The molecule has 1 heterocycles. The number of aryl methyl sites for hydroxylation is 1. The minimum absolute atomic E-state index is 0.0959. The molecular formula is C22H25ClN2O4. The molecule has 0 aliphatic carbocycles. The van der Waals surface area contributed by atoms with E-state index in [1.165, 1.54) is 0 Å². The lowest BCUT2D eigenvalue weighted by Gasteiger charge is -2.29. The zero-order valence-electron chi connectivity index (χ0n) is 16.6. The van der Waals surface area contributed by atoms with Gasteiger partial charge in [0.15, 0.2) is 11.5 Å². The highest BCUT2D eigenvalue weighted by Crippen LogP contribution is 2.32. The number of likely N-dealkylation sites (N-methyl/N-ethyl adjacent to an activating group) is 1. The summed E-state index contributed by atoms with van der Waals surface area (Å²) >= 11 is 6.08. The summed E-state index contributed by atoms with van der Waals surface area (Å²) in [6, 6.07) is 12.4. The van der Waals surface area contributed by atoms with Gasteiger partial charge in [-0.2, -0.15) is 0 Å². The number of halogens is 1. The van der Waals surface area contributed by atoms with E-state index in [1.54, 1.807) is 17.9 Å². The van der Waals surface area contributed by atoms with E-state index >= 15 is 0 Å². The molecule has 6 nitrogen and oxygen atoms in total. The van der Waals surface area contributed by atoms with Crippen molar-refractivity contribution in [3.8, 4) is 11.5 Å². The van der Waals surface area contributed by atoms with Gasteiger partial charge in [0.2, 0.25) is 18.6 Å². The Morgan fingerprint density at radius 3 is 2.69 bits per heavy atom. The minimum atomic E-state index is -0.585. The summed E-state index contributed by atoms with van der Waals surface area (Å²) in [5.41, 5.74) is 1.86. The Balaban J connectivity index is 1.71. The van der Waals surface area contributed by atoms with Crippen LogP contribution < -0.4 is 14.8 Å². The van der Waals surface area contributed by atoms with Gasteiger partial charge in [-0.25, -0.2) is 0 Å². The Kier molecular flexibility index (Phi) is 6.99. The van der Waals surface area contributed by atoms with Gasteiger partial charge in [0.1, 0.15) is 6.04 Å². The molecule has 29 heavy (non-hydrogen) atoms. The number of carbonyl (C=O) groups is 2. The van der Waals surface area contributed by atoms with Crippen molar-refractivity contribution in [2.45, 2.75) is 39.3 Å². The molecule has 2 aromatic rings. The summed E-state index contributed by atoms with van der Waals surface area (Å²) in [4.78, 5) is 27.0. The molecule has 0 spiro atoms. The Morgan fingerprint density at radius 2 is 1.93 bits per heavy atom. The first-order chi connectivity index (χ1) is 14.0. The molecule has 7 heteroatoms. The van der Waals surface area contributed by atoms with Gasteiger partial charge >= 0.3 is 0 Å². The summed E-state index contributed by atoms with van der Waals surface area (Å²) in [6.07, 6.45) is 0.827. The minimum Gasteiger partial charge on any atom is -0.454 e. The number of rotatable bonds is 8. The molecule has 0 saturated heterocycles. The van der Waals surface area contributed by atoms with Gasteiger partial charge < -0.3 is 19.7 Å². The molecule has 0 fully saturated rings.